The van der Waals surface area contributed by atoms with Gasteiger partial charge in [0.1, 0.15) is 6.61 Å². The predicted molar refractivity (Wildman–Crippen MR) is 176 cm³/mol. The lowest BCUT2D eigenvalue weighted by Gasteiger charge is -2.16. The van der Waals surface area contributed by atoms with Crippen LogP contribution in [-0.4, -0.2) is 29.3 Å². The van der Waals surface area contributed by atoms with Gasteiger partial charge in [0.25, 0.3) is 5.91 Å². The minimum Gasteiger partial charge on any atom is -0.493 e. The van der Waals surface area contributed by atoms with E-state index in [2.05, 4.69) is 22.6 Å². The van der Waals surface area contributed by atoms with Gasteiger partial charge in [-0.15, -0.1) is 0 Å². The van der Waals surface area contributed by atoms with Crippen LogP contribution >= 0.6 is 57.6 Å². The number of nitrogens with zero attached hydrogens (tertiary/aromatic N) is 2. The largest absolute Gasteiger partial charge is 0.493 e. The van der Waals surface area contributed by atoms with E-state index in [9.17, 15) is 9.59 Å². The highest BCUT2D eigenvalue weighted by Gasteiger charge is 2.35. The van der Waals surface area contributed by atoms with Crippen LogP contribution in [0, 0.1) is 3.57 Å². The molecule has 1 heterocycles. The lowest BCUT2D eigenvalue weighted by Crippen LogP contribution is -2.28. The van der Waals surface area contributed by atoms with E-state index in [1.165, 1.54) is 23.9 Å². The van der Waals surface area contributed by atoms with Gasteiger partial charge in [-0.25, -0.2) is 9.79 Å². The Hall–Kier alpha value is -3.51. The van der Waals surface area contributed by atoms with Crippen molar-refractivity contribution in [1.82, 2.24) is 0 Å². The Morgan fingerprint density at radius 2 is 1.64 bits per heavy atom. The number of thioether (sulfide) groups is 1. The van der Waals surface area contributed by atoms with E-state index in [1.807, 2.05) is 6.07 Å². The third-order valence-electron chi connectivity index (χ3n) is 6.08. The molecule has 0 unspecified atom stereocenters. The molecule has 0 spiro atoms. The van der Waals surface area contributed by atoms with Crippen LogP contribution < -0.4 is 14.4 Å². The van der Waals surface area contributed by atoms with Gasteiger partial charge in [-0.1, -0.05) is 35.3 Å². The number of hydrogen-bond donors (Lipinski definition) is 1. The SMILES string of the molecule is COc1cc(/C=C2\SC(=Nc3ccc(Cl)cc3)N(c3ccc(Cl)cc3)C2=O)cc(I)c1OCc1ccc(C(=O)O)cc1. The molecule has 1 amide bonds. The van der Waals surface area contributed by atoms with Crippen LogP contribution in [0.5, 0.6) is 11.5 Å². The molecule has 4 aromatic rings. The van der Waals surface area contributed by atoms with E-state index < -0.39 is 5.97 Å². The summed E-state index contributed by atoms with van der Waals surface area (Å²) in [6.45, 7) is 0.224. The molecule has 5 rings (SSSR count). The topological polar surface area (TPSA) is 88.4 Å². The number of benzene rings is 4. The zero-order valence-electron chi connectivity index (χ0n) is 21.9. The summed E-state index contributed by atoms with van der Waals surface area (Å²) < 4.78 is 12.4. The molecule has 1 fully saturated rings. The second-order valence-corrected chi connectivity index (χ2v) is 12.0. The smallest absolute Gasteiger partial charge is 0.335 e. The number of aromatic carboxylic acids is 1. The number of amides is 1. The molecule has 0 bridgehead atoms. The summed E-state index contributed by atoms with van der Waals surface area (Å²) in [5, 5.41) is 10.8. The summed E-state index contributed by atoms with van der Waals surface area (Å²) in [7, 11) is 1.55. The Labute approximate surface area is 269 Å². The van der Waals surface area contributed by atoms with Gasteiger partial charge < -0.3 is 14.6 Å². The number of halogens is 3. The minimum atomic E-state index is -0.984. The number of carbonyl (C=O) groups excluding carboxylic acids is 1. The quantitative estimate of drug-likeness (QED) is 0.144. The molecule has 1 aliphatic rings. The maximum absolute atomic E-state index is 13.7. The van der Waals surface area contributed by atoms with Crippen LogP contribution in [0.4, 0.5) is 11.4 Å². The molecule has 1 aliphatic heterocycles. The second-order valence-electron chi connectivity index (χ2n) is 8.92. The molecule has 7 nitrogen and oxygen atoms in total. The first-order chi connectivity index (χ1) is 20.2. The Bertz CT molecular complexity index is 1710. The van der Waals surface area contributed by atoms with Crippen molar-refractivity contribution in [3.63, 3.8) is 0 Å². The molecule has 0 saturated carbocycles. The van der Waals surface area contributed by atoms with Gasteiger partial charge in [-0.3, -0.25) is 9.69 Å². The van der Waals surface area contributed by atoms with E-state index in [4.69, 9.17) is 42.8 Å². The third-order valence-corrected chi connectivity index (χ3v) is 8.35. The first-order valence-corrected chi connectivity index (χ1v) is 15.0. The van der Waals surface area contributed by atoms with E-state index in [0.29, 0.717) is 43.0 Å². The van der Waals surface area contributed by atoms with Gasteiger partial charge >= 0.3 is 5.97 Å². The Kier molecular flexibility index (Phi) is 9.42. The first-order valence-electron chi connectivity index (χ1n) is 12.4. The number of amidine groups is 1. The zero-order valence-corrected chi connectivity index (χ0v) is 26.4. The maximum atomic E-state index is 13.7. The van der Waals surface area contributed by atoms with Gasteiger partial charge in [0, 0.05) is 10.0 Å². The molecular weight excluding hydrogens is 710 g/mol. The number of ether oxygens (including phenoxy) is 2. The summed E-state index contributed by atoms with van der Waals surface area (Å²) in [5.74, 6) is -0.173. The molecule has 11 heteroatoms. The Morgan fingerprint density at radius 3 is 2.26 bits per heavy atom. The zero-order chi connectivity index (χ0) is 29.8. The van der Waals surface area contributed by atoms with E-state index in [1.54, 1.807) is 84.8 Å². The molecule has 4 aromatic carbocycles. The molecule has 1 N–H and O–H groups in total. The lowest BCUT2D eigenvalue weighted by molar-refractivity contribution is -0.113. The van der Waals surface area contributed by atoms with Gasteiger partial charge in [-0.2, -0.15) is 0 Å². The van der Waals surface area contributed by atoms with Crippen molar-refractivity contribution in [1.29, 1.82) is 0 Å². The fourth-order valence-electron chi connectivity index (χ4n) is 4.01. The average Bonchev–Trinajstić information content (AvgIpc) is 3.27. The summed E-state index contributed by atoms with van der Waals surface area (Å²) in [6.07, 6.45) is 1.79. The van der Waals surface area contributed by atoms with Crippen molar-refractivity contribution in [2.24, 2.45) is 4.99 Å². The first kappa shape index (κ1) is 30.0. The van der Waals surface area contributed by atoms with Crippen LogP contribution in [0.1, 0.15) is 21.5 Å². The van der Waals surface area contributed by atoms with Crippen LogP contribution in [0.3, 0.4) is 0 Å². The molecular formula is C31H21Cl2IN2O5S. The highest BCUT2D eigenvalue weighted by Crippen LogP contribution is 2.40. The number of carboxylic acids is 1. The highest BCUT2D eigenvalue weighted by molar-refractivity contribution is 14.1. The molecule has 212 valence electrons. The summed E-state index contributed by atoms with van der Waals surface area (Å²) in [4.78, 5) is 31.6. The minimum absolute atomic E-state index is 0.207. The van der Waals surface area contributed by atoms with Crippen molar-refractivity contribution in [3.8, 4) is 11.5 Å². The van der Waals surface area contributed by atoms with Crippen molar-refractivity contribution >= 4 is 92.0 Å². The molecule has 1 saturated heterocycles. The lowest BCUT2D eigenvalue weighted by atomic mass is 10.1. The van der Waals surface area contributed by atoms with Crippen LogP contribution in [0.15, 0.2) is 94.8 Å². The van der Waals surface area contributed by atoms with Crippen molar-refractivity contribution in [2.45, 2.75) is 6.61 Å². The molecule has 0 radical (unpaired) electrons. The number of aliphatic imine (C=N–C) groups is 1. The van der Waals surface area contributed by atoms with Crippen LogP contribution in [0.25, 0.3) is 6.08 Å². The molecule has 0 aromatic heterocycles. The summed E-state index contributed by atoms with van der Waals surface area (Å²) in [6, 6.07) is 24.2. The van der Waals surface area contributed by atoms with Crippen LogP contribution in [0.2, 0.25) is 10.0 Å². The number of carbonyl (C=O) groups is 2. The third kappa shape index (κ3) is 6.92. The number of carboxylic acid groups (broad SMARTS) is 1. The number of hydrogen-bond acceptors (Lipinski definition) is 6. The normalized spacial score (nSPS) is 15.0. The van der Waals surface area contributed by atoms with Gasteiger partial charge in [-0.05, 0) is 124 Å². The van der Waals surface area contributed by atoms with Crippen molar-refractivity contribution < 1.29 is 24.2 Å². The molecule has 42 heavy (non-hydrogen) atoms. The average molecular weight is 731 g/mol. The predicted octanol–water partition coefficient (Wildman–Crippen LogP) is 8.69. The highest BCUT2D eigenvalue weighted by atomic mass is 127. The van der Waals surface area contributed by atoms with Crippen LogP contribution in [-0.2, 0) is 11.4 Å². The fourth-order valence-corrected chi connectivity index (χ4v) is 6.04. The maximum Gasteiger partial charge on any atom is 0.335 e. The van der Waals surface area contributed by atoms with Gasteiger partial charge in [0.2, 0.25) is 0 Å². The fraction of sp³-hybridized carbons (Fsp3) is 0.0645. The Morgan fingerprint density at radius 1 is 1.00 bits per heavy atom. The number of rotatable bonds is 8. The summed E-state index contributed by atoms with van der Waals surface area (Å²) in [5.41, 5.74) is 3.06. The van der Waals surface area contributed by atoms with E-state index >= 15 is 0 Å². The Balaban J connectivity index is 1.44. The van der Waals surface area contributed by atoms with Crippen molar-refractivity contribution in [2.75, 3.05) is 12.0 Å². The van der Waals surface area contributed by atoms with Gasteiger partial charge in [0.15, 0.2) is 16.7 Å². The second kappa shape index (κ2) is 13.2. The number of anilines is 1. The monoisotopic (exact) mass is 730 g/mol. The molecule has 0 aliphatic carbocycles. The van der Waals surface area contributed by atoms with Crippen molar-refractivity contribution in [3.05, 3.63) is 120 Å². The standard InChI is InChI=1S/C31H21Cl2IN2O5S/c1-40-26-15-19(14-25(34)28(26)41-17-18-2-4-20(5-3-18)30(38)39)16-27-29(37)36(24-12-8-22(33)9-13-24)31(42-27)35-23-10-6-21(32)7-11-23/h2-16H,17H2,1H3,(H,38,39)/b27-16-,35-31?. The molecule has 0 atom stereocenters. The number of methoxy groups -OCH3 is 1. The summed E-state index contributed by atoms with van der Waals surface area (Å²) >= 11 is 15.6. The van der Waals surface area contributed by atoms with E-state index in [-0.39, 0.29) is 18.1 Å². The van der Waals surface area contributed by atoms with E-state index in [0.717, 1.165) is 14.7 Å². The van der Waals surface area contributed by atoms with Gasteiger partial charge in [0.05, 0.1) is 32.5 Å².